The Labute approximate surface area is 130 Å². The number of aromatic nitrogens is 1. The van der Waals surface area contributed by atoms with Gasteiger partial charge in [0.05, 0.1) is 12.1 Å². The van der Waals surface area contributed by atoms with Gasteiger partial charge in [-0.2, -0.15) is 11.3 Å². The zero-order valence-corrected chi connectivity index (χ0v) is 13.0. The summed E-state index contributed by atoms with van der Waals surface area (Å²) in [4.78, 5) is 26.5. The van der Waals surface area contributed by atoms with E-state index in [1.165, 1.54) is 11.3 Å². The first kappa shape index (κ1) is 15.7. The van der Waals surface area contributed by atoms with E-state index in [-0.39, 0.29) is 18.7 Å². The van der Waals surface area contributed by atoms with E-state index in [4.69, 9.17) is 5.11 Å². The maximum absolute atomic E-state index is 11.7. The van der Waals surface area contributed by atoms with Crippen LogP contribution < -0.4 is 5.32 Å². The summed E-state index contributed by atoms with van der Waals surface area (Å²) >= 11 is 3.16. The zero-order chi connectivity index (χ0) is 15.1. The molecule has 0 bridgehead atoms. The SMILES string of the molecule is O=C(O)CCCCNC(=O)Cc1csc(-c2ccsc2)n1. The van der Waals surface area contributed by atoms with Gasteiger partial charge < -0.3 is 10.4 Å². The van der Waals surface area contributed by atoms with E-state index >= 15 is 0 Å². The van der Waals surface area contributed by atoms with E-state index in [9.17, 15) is 9.59 Å². The summed E-state index contributed by atoms with van der Waals surface area (Å²) in [6, 6.07) is 2.01. The molecule has 0 saturated carbocycles. The molecule has 0 atom stereocenters. The van der Waals surface area contributed by atoms with Crippen molar-refractivity contribution in [2.75, 3.05) is 6.54 Å². The van der Waals surface area contributed by atoms with Crippen molar-refractivity contribution in [2.24, 2.45) is 0 Å². The minimum Gasteiger partial charge on any atom is -0.481 e. The smallest absolute Gasteiger partial charge is 0.303 e. The third-order valence-electron chi connectivity index (χ3n) is 2.80. The largest absolute Gasteiger partial charge is 0.481 e. The summed E-state index contributed by atoms with van der Waals surface area (Å²) in [5, 5.41) is 18.2. The van der Waals surface area contributed by atoms with Gasteiger partial charge in [-0.1, -0.05) is 0 Å². The van der Waals surface area contributed by atoms with Crippen molar-refractivity contribution in [3.63, 3.8) is 0 Å². The Balaban J connectivity index is 1.72. The number of hydrogen-bond donors (Lipinski definition) is 2. The summed E-state index contributed by atoms with van der Waals surface area (Å²) in [7, 11) is 0. The van der Waals surface area contributed by atoms with Crippen LogP contribution in [0.4, 0.5) is 0 Å². The van der Waals surface area contributed by atoms with E-state index in [2.05, 4.69) is 10.3 Å². The van der Waals surface area contributed by atoms with Crippen LogP contribution in [0.15, 0.2) is 22.2 Å². The molecule has 0 spiro atoms. The molecular weight excluding hydrogens is 308 g/mol. The van der Waals surface area contributed by atoms with Crippen molar-refractivity contribution in [3.8, 4) is 10.6 Å². The van der Waals surface area contributed by atoms with E-state index in [1.807, 2.05) is 22.2 Å². The van der Waals surface area contributed by atoms with Gasteiger partial charge in [-0.15, -0.1) is 11.3 Å². The van der Waals surface area contributed by atoms with E-state index in [1.54, 1.807) is 11.3 Å². The van der Waals surface area contributed by atoms with Gasteiger partial charge in [-0.3, -0.25) is 9.59 Å². The molecular formula is C14H16N2O3S2. The van der Waals surface area contributed by atoms with Gasteiger partial charge in [0.2, 0.25) is 5.91 Å². The molecule has 2 aromatic heterocycles. The summed E-state index contributed by atoms with van der Waals surface area (Å²) in [5.74, 6) is -0.878. The number of rotatable bonds is 8. The molecule has 0 aliphatic carbocycles. The van der Waals surface area contributed by atoms with Crippen molar-refractivity contribution >= 4 is 34.6 Å². The molecule has 112 valence electrons. The van der Waals surface area contributed by atoms with Crippen molar-refractivity contribution in [3.05, 3.63) is 27.9 Å². The van der Waals surface area contributed by atoms with E-state index in [0.29, 0.717) is 19.4 Å². The number of nitrogens with zero attached hydrogens (tertiary/aromatic N) is 1. The predicted octanol–water partition coefficient (Wildman–Crippen LogP) is 2.79. The molecule has 0 unspecified atom stereocenters. The van der Waals surface area contributed by atoms with Crippen LogP contribution in [-0.4, -0.2) is 28.5 Å². The van der Waals surface area contributed by atoms with Crippen molar-refractivity contribution < 1.29 is 14.7 Å². The van der Waals surface area contributed by atoms with Crippen molar-refractivity contribution in [1.29, 1.82) is 0 Å². The van der Waals surface area contributed by atoms with Crippen LogP contribution in [0.3, 0.4) is 0 Å². The Kier molecular flexibility index (Phi) is 5.89. The zero-order valence-electron chi connectivity index (χ0n) is 11.4. The number of carboxylic acids is 1. The number of aliphatic carboxylic acids is 1. The lowest BCUT2D eigenvalue weighted by atomic mass is 10.2. The summed E-state index contributed by atoms with van der Waals surface area (Å²) < 4.78 is 0. The molecule has 0 radical (unpaired) electrons. The first-order valence-electron chi connectivity index (χ1n) is 6.60. The first-order valence-corrected chi connectivity index (χ1v) is 8.43. The minimum absolute atomic E-state index is 0.0764. The Morgan fingerprint density at radius 1 is 1.29 bits per heavy atom. The number of carboxylic acid groups (broad SMARTS) is 1. The van der Waals surface area contributed by atoms with Gasteiger partial charge in [0, 0.05) is 29.3 Å². The average molecular weight is 324 g/mol. The summed E-state index contributed by atoms with van der Waals surface area (Å²) in [6.07, 6.45) is 1.66. The highest BCUT2D eigenvalue weighted by molar-refractivity contribution is 7.14. The number of nitrogens with one attached hydrogen (secondary N) is 1. The Morgan fingerprint density at radius 2 is 2.14 bits per heavy atom. The fourth-order valence-corrected chi connectivity index (χ4v) is 3.29. The van der Waals surface area contributed by atoms with E-state index in [0.717, 1.165) is 16.3 Å². The fraction of sp³-hybridized carbons (Fsp3) is 0.357. The lowest BCUT2D eigenvalue weighted by molar-refractivity contribution is -0.137. The highest BCUT2D eigenvalue weighted by Gasteiger charge is 2.09. The average Bonchev–Trinajstić information content (AvgIpc) is 3.08. The molecule has 0 saturated heterocycles. The number of unbranched alkanes of at least 4 members (excludes halogenated alkanes) is 1. The lowest BCUT2D eigenvalue weighted by Gasteiger charge is -2.02. The van der Waals surface area contributed by atoms with Gasteiger partial charge in [-0.25, -0.2) is 4.98 Å². The molecule has 2 heterocycles. The molecule has 0 aliphatic rings. The number of hydrogen-bond acceptors (Lipinski definition) is 5. The molecule has 1 amide bonds. The number of amides is 1. The predicted molar refractivity (Wildman–Crippen MR) is 83.6 cm³/mol. The van der Waals surface area contributed by atoms with Crippen molar-refractivity contribution in [1.82, 2.24) is 10.3 Å². The minimum atomic E-state index is -0.801. The lowest BCUT2D eigenvalue weighted by Crippen LogP contribution is -2.26. The third-order valence-corrected chi connectivity index (χ3v) is 4.42. The number of carbonyl (C=O) groups is 2. The Morgan fingerprint density at radius 3 is 2.86 bits per heavy atom. The molecule has 21 heavy (non-hydrogen) atoms. The molecule has 2 aromatic rings. The van der Waals surface area contributed by atoms with Crippen LogP contribution in [-0.2, 0) is 16.0 Å². The van der Waals surface area contributed by atoms with Gasteiger partial charge in [0.15, 0.2) is 0 Å². The van der Waals surface area contributed by atoms with Crippen LogP contribution in [0.5, 0.6) is 0 Å². The monoisotopic (exact) mass is 324 g/mol. The fourth-order valence-electron chi connectivity index (χ4n) is 1.76. The molecule has 2 rings (SSSR count). The number of carbonyl (C=O) groups excluding carboxylic acids is 1. The molecule has 0 aliphatic heterocycles. The van der Waals surface area contributed by atoms with Crippen molar-refractivity contribution in [2.45, 2.75) is 25.7 Å². The second-order valence-corrected chi connectivity index (χ2v) is 6.17. The highest BCUT2D eigenvalue weighted by atomic mass is 32.1. The normalized spacial score (nSPS) is 10.5. The molecule has 7 heteroatoms. The van der Waals surface area contributed by atoms with Gasteiger partial charge >= 0.3 is 5.97 Å². The number of thiazole rings is 1. The van der Waals surface area contributed by atoms with Gasteiger partial charge in [0.25, 0.3) is 0 Å². The molecule has 0 fully saturated rings. The second-order valence-electron chi connectivity index (χ2n) is 4.53. The van der Waals surface area contributed by atoms with Crippen LogP contribution in [0, 0.1) is 0 Å². The Hall–Kier alpha value is -1.73. The number of thiophene rings is 1. The van der Waals surface area contributed by atoms with Crippen LogP contribution in [0.25, 0.3) is 10.6 Å². The Bertz CT molecular complexity index is 593. The summed E-state index contributed by atoms with van der Waals surface area (Å²) in [5.41, 5.74) is 1.86. The highest BCUT2D eigenvalue weighted by Crippen LogP contribution is 2.25. The topological polar surface area (TPSA) is 79.3 Å². The van der Waals surface area contributed by atoms with Crippen LogP contribution in [0.2, 0.25) is 0 Å². The van der Waals surface area contributed by atoms with Crippen LogP contribution in [0.1, 0.15) is 25.0 Å². The first-order chi connectivity index (χ1) is 10.1. The van der Waals surface area contributed by atoms with Crippen LogP contribution >= 0.6 is 22.7 Å². The van der Waals surface area contributed by atoms with E-state index < -0.39 is 5.97 Å². The third kappa shape index (κ3) is 5.28. The maximum atomic E-state index is 11.7. The second kappa shape index (κ2) is 7.90. The quantitative estimate of drug-likeness (QED) is 0.732. The van der Waals surface area contributed by atoms with Gasteiger partial charge in [0.1, 0.15) is 5.01 Å². The standard InChI is InChI=1S/C14H16N2O3S2/c17-12(15-5-2-1-3-13(18)19)7-11-9-21-14(16-11)10-4-6-20-8-10/h4,6,8-9H,1-3,5,7H2,(H,15,17)(H,18,19). The molecule has 2 N–H and O–H groups in total. The maximum Gasteiger partial charge on any atom is 0.303 e. The summed E-state index contributed by atoms with van der Waals surface area (Å²) in [6.45, 7) is 0.508. The molecule has 5 nitrogen and oxygen atoms in total. The molecule has 0 aromatic carbocycles. The van der Waals surface area contributed by atoms with Gasteiger partial charge in [-0.05, 0) is 24.3 Å².